The summed E-state index contributed by atoms with van der Waals surface area (Å²) in [6, 6.07) is 0. The Labute approximate surface area is 60.7 Å². The van der Waals surface area contributed by atoms with E-state index in [-0.39, 0.29) is 0 Å². The minimum Gasteiger partial charge on any atom is -0.298 e. The monoisotopic (exact) mass is 134 g/mol. The molecular weight excluding hydrogens is 124 g/mol. The Hall–Kier alpha value is -1.11. The zero-order chi connectivity index (χ0) is 7.40. The van der Waals surface area contributed by atoms with Gasteiger partial charge >= 0.3 is 0 Å². The van der Waals surface area contributed by atoms with Crippen molar-refractivity contribution in [2.24, 2.45) is 0 Å². The van der Waals surface area contributed by atoms with Gasteiger partial charge in [-0.3, -0.25) is 4.79 Å². The smallest absolute Gasteiger partial charge is 0.150 e. The molecule has 52 valence electrons. The summed E-state index contributed by atoms with van der Waals surface area (Å²) in [6.07, 6.45) is 8.59. The lowest BCUT2D eigenvalue weighted by Gasteiger charge is -2.05. The van der Waals surface area contributed by atoms with Gasteiger partial charge in [-0.25, -0.2) is 0 Å². The number of allylic oxidation sites excluding steroid dienone is 5. The third-order valence-corrected chi connectivity index (χ3v) is 1.58. The molecule has 1 nitrogen and oxygen atoms in total. The summed E-state index contributed by atoms with van der Waals surface area (Å²) in [5.74, 6) is 0. The Morgan fingerprint density at radius 3 is 2.30 bits per heavy atom. The van der Waals surface area contributed by atoms with E-state index in [0.717, 1.165) is 30.3 Å². The predicted molar refractivity (Wildman–Crippen MR) is 41.7 cm³/mol. The zero-order valence-corrected chi connectivity index (χ0v) is 5.84. The van der Waals surface area contributed by atoms with Crippen molar-refractivity contribution in [1.82, 2.24) is 0 Å². The van der Waals surface area contributed by atoms with Crippen LogP contribution in [0, 0.1) is 0 Å². The van der Waals surface area contributed by atoms with E-state index in [1.54, 1.807) is 6.08 Å². The molecule has 1 aliphatic carbocycles. The van der Waals surface area contributed by atoms with Crippen molar-refractivity contribution in [2.45, 2.75) is 12.8 Å². The molecule has 1 rings (SSSR count). The molecule has 0 bridgehead atoms. The molecule has 0 saturated heterocycles. The largest absolute Gasteiger partial charge is 0.298 e. The first-order valence-corrected chi connectivity index (χ1v) is 3.37. The van der Waals surface area contributed by atoms with Crippen LogP contribution in [0.15, 0.2) is 36.0 Å². The summed E-state index contributed by atoms with van der Waals surface area (Å²) >= 11 is 0. The van der Waals surface area contributed by atoms with E-state index in [0.29, 0.717) is 0 Å². The summed E-state index contributed by atoms with van der Waals surface area (Å²) in [4.78, 5) is 10.4. The SMILES string of the molecule is C=CC1=CCCC=C1C=O. The highest BCUT2D eigenvalue weighted by Gasteiger charge is 2.02. The van der Waals surface area contributed by atoms with Gasteiger partial charge in [0.15, 0.2) is 0 Å². The summed E-state index contributed by atoms with van der Waals surface area (Å²) in [7, 11) is 0. The molecule has 0 aromatic heterocycles. The molecule has 0 aliphatic heterocycles. The quantitative estimate of drug-likeness (QED) is 0.528. The first-order chi connectivity index (χ1) is 4.88. The van der Waals surface area contributed by atoms with Gasteiger partial charge in [-0.15, -0.1) is 0 Å². The molecule has 0 spiro atoms. The Morgan fingerprint density at radius 2 is 1.90 bits per heavy atom. The van der Waals surface area contributed by atoms with Crippen LogP contribution in [-0.2, 0) is 4.79 Å². The van der Waals surface area contributed by atoms with Gasteiger partial charge < -0.3 is 0 Å². The van der Waals surface area contributed by atoms with Crippen molar-refractivity contribution in [3.63, 3.8) is 0 Å². The van der Waals surface area contributed by atoms with Gasteiger partial charge in [-0.1, -0.05) is 24.8 Å². The molecule has 1 heteroatoms. The molecule has 0 atom stereocenters. The molecule has 0 aromatic carbocycles. The topological polar surface area (TPSA) is 17.1 Å². The fourth-order valence-corrected chi connectivity index (χ4v) is 1.03. The van der Waals surface area contributed by atoms with Crippen LogP contribution in [0.4, 0.5) is 0 Å². The molecule has 10 heavy (non-hydrogen) atoms. The molecule has 0 aromatic rings. The lowest BCUT2D eigenvalue weighted by atomic mass is 9.99. The van der Waals surface area contributed by atoms with E-state index in [4.69, 9.17) is 0 Å². The van der Waals surface area contributed by atoms with Gasteiger partial charge in [0.25, 0.3) is 0 Å². The highest BCUT2D eigenvalue weighted by atomic mass is 16.1. The van der Waals surface area contributed by atoms with Crippen LogP contribution < -0.4 is 0 Å². The Bertz CT molecular complexity index is 185. The Balaban J connectivity index is 2.86. The normalized spacial score (nSPS) is 17.2. The fourth-order valence-electron chi connectivity index (χ4n) is 1.03. The van der Waals surface area contributed by atoms with Crippen molar-refractivity contribution in [3.05, 3.63) is 36.0 Å². The average molecular weight is 134 g/mol. The van der Waals surface area contributed by atoms with Crippen LogP contribution in [0.2, 0.25) is 0 Å². The zero-order valence-electron chi connectivity index (χ0n) is 5.84. The lowest BCUT2D eigenvalue weighted by Crippen LogP contribution is -1.92. The number of hydrogen-bond donors (Lipinski definition) is 0. The number of carbonyl (C=O) groups is 1. The van der Waals surface area contributed by atoms with E-state index in [1.807, 2.05) is 12.2 Å². The van der Waals surface area contributed by atoms with E-state index in [2.05, 4.69) is 6.58 Å². The molecule has 1 aliphatic rings. The molecule has 0 N–H and O–H groups in total. The second-order valence-electron chi connectivity index (χ2n) is 2.22. The lowest BCUT2D eigenvalue weighted by molar-refractivity contribution is -0.104. The highest BCUT2D eigenvalue weighted by Crippen LogP contribution is 2.16. The minimum absolute atomic E-state index is 0.779. The van der Waals surface area contributed by atoms with Gasteiger partial charge in [-0.2, -0.15) is 0 Å². The number of rotatable bonds is 2. The molecule has 0 radical (unpaired) electrons. The summed E-state index contributed by atoms with van der Waals surface area (Å²) in [5, 5.41) is 0. The van der Waals surface area contributed by atoms with Gasteiger partial charge in [0.05, 0.1) is 0 Å². The van der Waals surface area contributed by atoms with Crippen molar-refractivity contribution in [3.8, 4) is 0 Å². The second-order valence-corrected chi connectivity index (χ2v) is 2.22. The van der Waals surface area contributed by atoms with Gasteiger partial charge in [-0.05, 0) is 18.4 Å². The molecule has 0 fully saturated rings. The van der Waals surface area contributed by atoms with Gasteiger partial charge in [0.1, 0.15) is 6.29 Å². The van der Waals surface area contributed by atoms with Crippen molar-refractivity contribution < 1.29 is 4.79 Å². The van der Waals surface area contributed by atoms with Crippen molar-refractivity contribution in [1.29, 1.82) is 0 Å². The maximum atomic E-state index is 10.4. The fraction of sp³-hybridized carbons (Fsp3) is 0.222. The highest BCUT2D eigenvalue weighted by molar-refractivity contribution is 5.82. The number of aldehydes is 1. The Kier molecular flexibility index (Phi) is 2.21. The van der Waals surface area contributed by atoms with Crippen LogP contribution in [0.25, 0.3) is 0 Å². The number of hydrogen-bond acceptors (Lipinski definition) is 1. The van der Waals surface area contributed by atoms with Gasteiger partial charge in [0, 0.05) is 5.57 Å². The molecule has 0 heterocycles. The molecule has 0 unspecified atom stereocenters. The van der Waals surface area contributed by atoms with Crippen molar-refractivity contribution in [2.75, 3.05) is 0 Å². The van der Waals surface area contributed by atoms with Crippen LogP contribution in [-0.4, -0.2) is 6.29 Å². The average Bonchev–Trinajstić information content (AvgIpc) is 2.04. The summed E-state index contributed by atoms with van der Waals surface area (Å²) < 4.78 is 0. The maximum absolute atomic E-state index is 10.4. The Morgan fingerprint density at radius 1 is 1.30 bits per heavy atom. The predicted octanol–water partition coefficient (Wildman–Crippen LogP) is 2.02. The molecular formula is C9H10O. The molecule has 0 amide bonds. The van der Waals surface area contributed by atoms with E-state index in [1.165, 1.54) is 0 Å². The van der Waals surface area contributed by atoms with E-state index < -0.39 is 0 Å². The standard InChI is InChI=1S/C9H10O/c1-2-8-5-3-4-6-9(8)7-10/h2,5-7H,1,3-4H2. The van der Waals surface area contributed by atoms with E-state index >= 15 is 0 Å². The first-order valence-electron chi connectivity index (χ1n) is 3.37. The van der Waals surface area contributed by atoms with E-state index in [9.17, 15) is 4.79 Å². The van der Waals surface area contributed by atoms with Crippen LogP contribution in [0.1, 0.15) is 12.8 Å². The molecule has 0 saturated carbocycles. The summed E-state index contributed by atoms with van der Waals surface area (Å²) in [5.41, 5.74) is 1.75. The van der Waals surface area contributed by atoms with Crippen LogP contribution in [0.5, 0.6) is 0 Å². The number of carbonyl (C=O) groups excluding carboxylic acids is 1. The first kappa shape index (κ1) is 7.00. The van der Waals surface area contributed by atoms with Crippen molar-refractivity contribution >= 4 is 6.29 Å². The van der Waals surface area contributed by atoms with Gasteiger partial charge in [0.2, 0.25) is 0 Å². The van der Waals surface area contributed by atoms with Crippen LogP contribution in [0.3, 0.4) is 0 Å². The minimum atomic E-state index is 0.779. The van der Waals surface area contributed by atoms with Crippen LogP contribution >= 0.6 is 0 Å². The second kappa shape index (κ2) is 3.16. The summed E-state index contributed by atoms with van der Waals surface area (Å²) in [6.45, 7) is 3.61. The third kappa shape index (κ3) is 1.24. The maximum Gasteiger partial charge on any atom is 0.150 e. The third-order valence-electron chi connectivity index (χ3n) is 1.58.